The number of hydrogen-bond acceptors (Lipinski definition) is 3. The predicted octanol–water partition coefficient (Wildman–Crippen LogP) is 1.01. The van der Waals surface area contributed by atoms with Gasteiger partial charge in [-0.1, -0.05) is 13.3 Å². The first-order valence-corrected chi connectivity index (χ1v) is 7.37. The Morgan fingerprint density at radius 1 is 1.27 bits per heavy atom. The number of sulfonamides is 1. The van der Waals surface area contributed by atoms with Gasteiger partial charge in [0.2, 0.25) is 10.0 Å². The summed E-state index contributed by atoms with van der Waals surface area (Å²) in [5, 5.41) is 9.29. The van der Waals surface area contributed by atoms with E-state index in [0.717, 1.165) is 19.3 Å². The number of aliphatic hydroxyl groups is 1. The Balaban J connectivity index is 2.34. The van der Waals surface area contributed by atoms with Gasteiger partial charge in [0.1, 0.15) is 0 Å². The summed E-state index contributed by atoms with van der Waals surface area (Å²) in [4.78, 5) is 0. The topological polar surface area (TPSA) is 66.4 Å². The maximum Gasteiger partial charge on any atom is 0.211 e. The Morgan fingerprint density at radius 3 is 2.40 bits per heavy atom. The van der Waals surface area contributed by atoms with Crippen molar-refractivity contribution in [3.63, 3.8) is 0 Å². The largest absolute Gasteiger partial charge is 0.393 e. The van der Waals surface area contributed by atoms with E-state index in [1.165, 1.54) is 0 Å². The van der Waals surface area contributed by atoms with E-state index >= 15 is 0 Å². The molecule has 0 aromatic rings. The van der Waals surface area contributed by atoms with Crippen LogP contribution in [0.5, 0.6) is 0 Å². The molecule has 0 spiro atoms. The smallest absolute Gasteiger partial charge is 0.211 e. The third-order valence-electron chi connectivity index (χ3n) is 2.81. The van der Waals surface area contributed by atoms with Crippen molar-refractivity contribution in [3.8, 4) is 0 Å². The lowest BCUT2D eigenvalue weighted by Crippen LogP contribution is -2.39. The van der Waals surface area contributed by atoms with Gasteiger partial charge in [-0.2, -0.15) is 0 Å². The van der Waals surface area contributed by atoms with Gasteiger partial charge >= 0.3 is 0 Å². The van der Waals surface area contributed by atoms with Crippen LogP contribution in [0, 0.1) is 0 Å². The second-order valence-electron chi connectivity index (χ2n) is 4.30. The van der Waals surface area contributed by atoms with Crippen molar-refractivity contribution in [2.45, 2.75) is 57.6 Å². The Morgan fingerprint density at radius 2 is 1.87 bits per heavy atom. The van der Waals surface area contributed by atoms with Crippen molar-refractivity contribution in [2.24, 2.45) is 0 Å². The van der Waals surface area contributed by atoms with Gasteiger partial charge < -0.3 is 5.11 Å². The van der Waals surface area contributed by atoms with Crippen LogP contribution in [0.2, 0.25) is 0 Å². The van der Waals surface area contributed by atoms with Crippen molar-refractivity contribution >= 4 is 10.0 Å². The van der Waals surface area contributed by atoms with Crippen LogP contribution in [-0.4, -0.2) is 31.4 Å². The molecule has 1 fully saturated rings. The van der Waals surface area contributed by atoms with Gasteiger partial charge in [0.05, 0.1) is 11.9 Å². The van der Waals surface area contributed by atoms with Crippen LogP contribution in [-0.2, 0) is 10.0 Å². The zero-order valence-electron chi connectivity index (χ0n) is 9.28. The first kappa shape index (κ1) is 12.9. The monoisotopic (exact) mass is 235 g/mol. The summed E-state index contributed by atoms with van der Waals surface area (Å²) in [6, 6.07) is 0.0373. The Bertz CT molecular complexity index is 268. The van der Waals surface area contributed by atoms with Gasteiger partial charge in [-0.15, -0.1) is 0 Å². The Labute approximate surface area is 92.1 Å². The molecule has 4 nitrogen and oxygen atoms in total. The van der Waals surface area contributed by atoms with Crippen molar-refractivity contribution in [1.82, 2.24) is 4.72 Å². The molecule has 1 aliphatic carbocycles. The Kier molecular flexibility index (Phi) is 5.02. The van der Waals surface area contributed by atoms with Gasteiger partial charge in [-0.05, 0) is 32.1 Å². The second kappa shape index (κ2) is 5.82. The highest BCUT2D eigenvalue weighted by Crippen LogP contribution is 2.19. The van der Waals surface area contributed by atoms with Gasteiger partial charge in [0.15, 0.2) is 0 Å². The fourth-order valence-electron chi connectivity index (χ4n) is 1.84. The van der Waals surface area contributed by atoms with E-state index in [1.807, 2.05) is 6.92 Å². The van der Waals surface area contributed by atoms with Crippen LogP contribution in [0.4, 0.5) is 0 Å². The zero-order chi connectivity index (χ0) is 11.3. The molecule has 0 aliphatic heterocycles. The lowest BCUT2D eigenvalue weighted by Gasteiger charge is -2.25. The summed E-state index contributed by atoms with van der Waals surface area (Å²) < 4.78 is 25.8. The summed E-state index contributed by atoms with van der Waals surface area (Å²) in [5.41, 5.74) is 0. The minimum absolute atomic E-state index is 0.0373. The molecule has 15 heavy (non-hydrogen) atoms. The highest BCUT2D eigenvalue weighted by molar-refractivity contribution is 7.89. The Hall–Kier alpha value is -0.130. The van der Waals surface area contributed by atoms with E-state index in [2.05, 4.69) is 4.72 Å². The normalized spacial score (nSPS) is 27.9. The van der Waals surface area contributed by atoms with E-state index in [9.17, 15) is 13.5 Å². The van der Waals surface area contributed by atoms with Gasteiger partial charge in [-0.25, -0.2) is 13.1 Å². The SMILES string of the molecule is CCCCS(=O)(=O)NC1CCC(O)CC1. The summed E-state index contributed by atoms with van der Waals surface area (Å²) >= 11 is 0. The minimum Gasteiger partial charge on any atom is -0.393 e. The fourth-order valence-corrected chi connectivity index (χ4v) is 3.37. The molecule has 90 valence electrons. The number of hydrogen-bond donors (Lipinski definition) is 2. The van der Waals surface area contributed by atoms with Gasteiger partial charge in [-0.3, -0.25) is 0 Å². The molecule has 1 rings (SSSR count). The van der Waals surface area contributed by atoms with E-state index < -0.39 is 10.0 Å². The molecular formula is C10H21NO3S. The molecule has 5 heteroatoms. The minimum atomic E-state index is -3.09. The molecule has 0 aromatic heterocycles. The molecule has 1 aliphatic rings. The van der Waals surface area contributed by atoms with Gasteiger partial charge in [0.25, 0.3) is 0 Å². The average molecular weight is 235 g/mol. The summed E-state index contributed by atoms with van der Waals surface area (Å²) in [5.74, 6) is 0.225. The van der Waals surface area contributed by atoms with E-state index in [4.69, 9.17) is 0 Å². The first-order valence-electron chi connectivity index (χ1n) is 5.71. The summed E-state index contributed by atoms with van der Waals surface area (Å²) in [6.45, 7) is 1.98. The van der Waals surface area contributed by atoms with Crippen LogP contribution >= 0.6 is 0 Å². The molecular weight excluding hydrogens is 214 g/mol. The molecule has 2 N–H and O–H groups in total. The molecule has 0 unspecified atom stereocenters. The third-order valence-corrected chi connectivity index (χ3v) is 4.33. The molecule has 1 saturated carbocycles. The van der Waals surface area contributed by atoms with Crippen LogP contribution in [0.25, 0.3) is 0 Å². The quantitative estimate of drug-likeness (QED) is 0.747. The molecule has 0 heterocycles. The van der Waals surface area contributed by atoms with Crippen LogP contribution in [0.15, 0.2) is 0 Å². The lowest BCUT2D eigenvalue weighted by atomic mass is 9.94. The maximum absolute atomic E-state index is 11.6. The van der Waals surface area contributed by atoms with Crippen molar-refractivity contribution < 1.29 is 13.5 Å². The number of unbranched alkanes of at least 4 members (excludes halogenated alkanes) is 1. The second-order valence-corrected chi connectivity index (χ2v) is 6.17. The molecule has 0 atom stereocenters. The van der Waals surface area contributed by atoms with Gasteiger partial charge in [0, 0.05) is 6.04 Å². The molecule has 0 radical (unpaired) electrons. The lowest BCUT2D eigenvalue weighted by molar-refractivity contribution is 0.120. The predicted molar refractivity (Wildman–Crippen MR) is 60.1 cm³/mol. The summed E-state index contributed by atoms with van der Waals surface area (Å²) in [6.07, 6.45) is 4.30. The highest BCUT2D eigenvalue weighted by Gasteiger charge is 2.23. The van der Waals surface area contributed by atoms with Crippen LogP contribution < -0.4 is 4.72 Å². The maximum atomic E-state index is 11.6. The van der Waals surface area contributed by atoms with E-state index in [1.54, 1.807) is 0 Å². The van der Waals surface area contributed by atoms with E-state index in [-0.39, 0.29) is 17.9 Å². The highest BCUT2D eigenvalue weighted by atomic mass is 32.2. The van der Waals surface area contributed by atoms with Crippen molar-refractivity contribution in [3.05, 3.63) is 0 Å². The standard InChI is InChI=1S/C10H21NO3S/c1-2-3-8-15(13,14)11-9-4-6-10(12)7-5-9/h9-12H,2-8H2,1H3. The molecule has 0 saturated heterocycles. The van der Waals surface area contributed by atoms with Crippen molar-refractivity contribution in [1.29, 1.82) is 0 Å². The number of aliphatic hydroxyl groups excluding tert-OH is 1. The first-order chi connectivity index (χ1) is 7.03. The summed E-state index contributed by atoms with van der Waals surface area (Å²) in [7, 11) is -3.09. The van der Waals surface area contributed by atoms with Crippen LogP contribution in [0.3, 0.4) is 0 Å². The third kappa shape index (κ3) is 4.95. The molecule has 0 bridgehead atoms. The molecule has 0 aromatic carbocycles. The fraction of sp³-hybridized carbons (Fsp3) is 1.00. The number of nitrogens with one attached hydrogen (secondary N) is 1. The van der Waals surface area contributed by atoms with Crippen molar-refractivity contribution in [2.75, 3.05) is 5.75 Å². The zero-order valence-corrected chi connectivity index (χ0v) is 10.1. The van der Waals surface area contributed by atoms with E-state index in [0.29, 0.717) is 19.3 Å². The van der Waals surface area contributed by atoms with Crippen LogP contribution in [0.1, 0.15) is 45.4 Å². The average Bonchev–Trinajstić information content (AvgIpc) is 2.18. The molecule has 0 amide bonds. The number of rotatable bonds is 5.